The lowest BCUT2D eigenvalue weighted by Crippen LogP contribution is -2.25. The Labute approximate surface area is 398 Å². The number of rotatable bonds is 13. The van der Waals surface area contributed by atoms with Crippen LogP contribution in [0.2, 0.25) is 0 Å². The zero-order chi connectivity index (χ0) is 45.4. The molecular formula is C51H59ClN6O7S2. The van der Waals surface area contributed by atoms with Crippen molar-refractivity contribution in [3.8, 4) is 11.5 Å². The summed E-state index contributed by atoms with van der Waals surface area (Å²) in [4.78, 5) is 12.4. The topological polar surface area (TPSA) is 176 Å². The van der Waals surface area contributed by atoms with Crippen LogP contribution in [0.1, 0.15) is 59.8 Å². The zero-order valence-corrected chi connectivity index (χ0v) is 39.4. The molecule has 4 heterocycles. The predicted octanol–water partition coefficient (Wildman–Crippen LogP) is 10.1. The van der Waals surface area contributed by atoms with Crippen molar-refractivity contribution in [3.05, 3.63) is 121 Å². The molecule has 13 nitrogen and oxygen atoms in total. The minimum absolute atomic E-state index is 0. The number of benzene rings is 6. The van der Waals surface area contributed by atoms with Gasteiger partial charge in [-0.1, -0.05) is 100 Å². The van der Waals surface area contributed by atoms with E-state index in [1.54, 1.807) is 42.5 Å². The fourth-order valence-corrected chi connectivity index (χ4v) is 11.4. The van der Waals surface area contributed by atoms with Gasteiger partial charge in [-0.15, -0.1) is 12.4 Å². The van der Waals surface area contributed by atoms with Crippen LogP contribution in [0.5, 0.6) is 11.5 Å². The molecule has 2 aliphatic rings. The highest BCUT2D eigenvalue weighted by molar-refractivity contribution is 7.92. The maximum Gasteiger partial charge on any atom is 0.224 e. The Morgan fingerprint density at radius 1 is 0.657 bits per heavy atom. The Morgan fingerprint density at radius 3 is 1.66 bits per heavy atom. The number of carbonyl (C=O) groups is 1. The van der Waals surface area contributed by atoms with E-state index in [1.807, 2.05) is 85.8 Å². The first kappa shape index (κ1) is 50.6. The predicted molar refractivity (Wildman–Crippen MR) is 268 cm³/mol. The first-order valence-corrected chi connectivity index (χ1v) is 25.2. The van der Waals surface area contributed by atoms with Crippen molar-refractivity contribution in [3.63, 3.8) is 0 Å². The summed E-state index contributed by atoms with van der Waals surface area (Å²) in [7, 11) is -7.57. The normalized spacial score (nSPS) is 16.1. The number of nitrogens with zero attached hydrogens (tertiary/aromatic N) is 3. The van der Waals surface area contributed by atoms with Gasteiger partial charge in [0.2, 0.25) is 19.7 Å². The smallest absolute Gasteiger partial charge is 0.224 e. The molecule has 2 aromatic heterocycles. The van der Waals surface area contributed by atoms with Gasteiger partial charge in [-0.2, -0.15) is 10.2 Å². The van der Waals surface area contributed by atoms with Crippen LogP contribution >= 0.6 is 12.4 Å². The second-order valence-electron chi connectivity index (χ2n) is 16.3. The summed E-state index contributed by atoms with van der Waals surface area (Å²) in [5, 5.41) is 21.6. The number of sulfone groups is 2. The molecule has 0 saturated carbocycles. The first-order valence-electron chi connectivity index (χ1n) is 22.2. The molecule has 3 N–H and O–H groups in total. The molecule has 2 unspecified atom stereocenters. The van der Waals surface area contributed by atoms with Crippen LogP contribution in [0.25, 0.3) is 43.4 Å². The van der Waals surface area contributed by atoms with Gasteiger partial charge in [-0.05, 0) is 98.1 Å². The Hall–Kier alpha value is -5.84. The van der Waals surface area contributed by atoms with E-state index in [0.717, 1.165) is 69.0 Å². The number of hydrogen-bond donors (Lipinski definition) is 3. The highest BCUT2D eigenvalue weighted by Gasteiger charge is 2.28. The van der Waals surface area contributed by atoms with Gasteiger partial charge < -0.3 is 19.6 Å². The molecule has 8 aromatic rings. The fraction of sp³-hybridized carbons (Fsp3) is 0.314. The lowest BCUT2D eigenvalue weighted by Gasteiger charge is -2.16. The van der Waals surface area contributed by atoms with E-state index in [4.69, 9.17) is 9.47 Å². The lowest BCUT2D eigenvalue weighted by atomic mass is 10.1. The van der Waals surface area contributed by atoms with Crippen LogP contribution in [0, 0.1) is 0 Å². The molecule has 354 valence electrons. The Balaban J connectivity index is 0.000000197. The third-order valence-electron chi connectivity index (χ3n) is 11.7. The molecule has 0 aliphatic carbocycles. The first-order chi connectivity index (χ1) is 31.6. The number of hydrogen-bond acceptors (Lipinski definition) is 11. The van der Waals surface area contributed by atoms with E-state index in [0.29, 0.717) is 50.5 Å². The maximum atomic E-state index is 13.6. The van der Waals surface area contributed by atoms with E-state index < -0.39 is 19.7 Å². The van der Waals surface area contributed by atoms with E-state index in [9.17, 15) is 21.6 Å². The number of fused-ring (bicyclic) bond motifs is 4. The van der Waals surface area contributed by atoms with E-state index in [1.165, 1.54) is 12.8 Å². The third kappa shape index (κ3) is 11.3. The second-order valence-corrected chi connectivity index (χ2v) is 20.0. The van der Waals surface area contributed by atoms with E-state index in [-0.39, 0.29) is 51.9 Å². The van der Waals surface area contributed by atoms with Crippen molar-refractivity contribution in [2.75, 3.05) is 32.7 Å². The molecule has 16 heteroatoms. The van der Waals surface area contributed by atoms with Gasteiger partial charge in [0.15, 0.2) is 10.1 Å². The van der Waals surface area contributed by atoms with Crippen LogP contribution in [0.3, 0.4) is 0 Å². The highest BCUT2D eigenvalue weighted by Crippen LogP contribution is 2.35. The molecule has 6 aromatic carbocycles. The molecule has 0 amide bonds. The van der Waals surface area contributed by atoms with E-state index in [2.05, 4.69) is 37.5 Å². The number of ether oxygens (including phenoxy) is 2. The molecule has 2 saturated heterocycles. The van der Waals surface area contributed by atoms with Gasteiger partial charge in [0.1, 0.15) is 30.0 Å². The number of aromatic amines is 2. The molecule has 2 fully saturated rings. The lowest BCUT2D eigenvalue weighted by molar-refractivity contribution is -0.107. The second kappa shape index (κ2) is 22.8. The maximum absolute atomic E-state index is 13.6. The van der Waals surface area contributed by atoms with Gasteiger partial charge in [-0.25, -0.2) is 16.8 Å². The van der Waals surface area contributed by atoms with Crippen molar-refractivity contribution >= 4 is 81.7 Å². The minimum Gasteiger partial charge on any atom is -0.489 e. The molecule has 2 aliphatic heterocycles. The number of aldehydes is 1. The standard InChI is InChI=1S/C25H27N3O3S.C21H19N3O3S.C4H8O.CH4.ClH/c1-2-3-14-28-15-13-20(17-28)31-19-11-12-23-22(16-19)25(27-26-23)32(29,30)24-10-6-8-18-7-4-5-9-21(18)24;25-28(26,20-7-3-5-14-4-1-2-6-17(14)20)21-18-12-15(8-9-19(18)23-24-21)27-16-10-11-22-13-16;1-2-3-4-5;;/h4-12,16,20H,2-3,13-15,17H2,1H3,(H,26,27);1-9,12,16,22H,10-11,13H2,(H,23,24);4H,2-3H2,1H3;1H4;1H. The molecular weight excluding hydrogens is 908 g/mol. The van der Waals surface area contributed by atoms with Crippen LogP contribution < -0.4 is 14.8 Å². The van der Waals surface area contributed by atoms with Crippen LogP contribution in [0.4, 0.5) is 0 Å². The number of carbonyl (C=O) groups excluding carboxylic acids is 1. The Kier molecular flexibility index (Phi) is 17.2. The average Bonchev–Trinajstić information content (AvgIpc) is 4.17. The number of H-pyrrole nitrogens is 2. The Bertz CT molecular complexity index is 3140. The summed E-state index contributed by atoms with van der Waals surface area (Å²) >= 11 is 0. The van der Waals surface area contributed by atoms with Gasteiger partial charge in [-0.3, -0.25) is 15.1 Å². The summed E-state index contributed by atoms with van der Waals surface area (Å²) in [6.45, 7) is 8.96. The fourth-order valence-electron chi connectivity index (χ4n) is 8.28. The molecule has 0 radical (unpaired) electrons. The van der Waals surface area contributed by atoms with Crippen LogP contribution in [-0.4, -0.2) is 93.3 Å². The summed E-state index contributed by atoms with van der Waals surface area (Å²) in [5.74, 6) is 1.33. The van der Waals surface area contributed by atoms with Crippen molar-refractivity contribution < 1.29 is 31.1 Å². The number of halogens is 1. The van der Waals surface area contributed by atoms with Gasteiger partial charge in [0, 0.05) is 47.6 Å². The summed E-state index contributed by atoms with van der Waals surface area (Å²) in [6.07, 6.45) is 7.13. The van der Waals surface area contributed by atoms with Crippen LogP contribution in [0.15, 0.2) is 141 Å². The van der Waals surface area contributed by atoms with Gasteiger partial charge in [0.25, 0.3) is 0 Å². The van der Waals surface area contributed by atoms with Gasteiger partial charge >= 0.3 is 0 Å². The monoisotopic (exact) mass is 966 g/mol. The summed E-state index contributed by atoms with van der Waals surface area (Å²) < 4.78 is 66.3. The molecule has 67 heavy (non-hydrogen) atoms. The highest BCUT2D eigenvalue weighted by atomic mass is 35.5. The average molecular weight is 968 g/mol. The molecule has 10 rings (SSSR count). The van der Waals surface area contributed by atoms with Crippen molar-refractivity contribution in [2.24, 2.45) is 0 Å². The molecule has 0 bridgehead atoms. The van der Waals surface area contributed by atoms with Crippen molar-refractivity contribution in [1.82, 2.24) is 30.6 Å². The van der Waals surface area contributed by atoms with Crippen LogP contribution in [-0.2, 0) is 24.5 Å². The summed E-state index contributed by atoms with van der Waals surface area (Å²) in [5.41, 5.74) is 1.20. The zero-order valence-electron chi connectivity index (χ0n) is 37.0. The number of nitrogens with one attached hydrogen (secondary N) is 3. The molecule has 0 spiro atoms. The van der Waals surface area contributed by atoms with Crippen molar-refractivity contribution in [2.45, 2.75) is 91.8 Å². The van der Waals surface area contributed by atoms with Crippen molar-refractivity contribution in [1.29, 1.82) is 0 Å². The number of aromatic nitrogens is 4. The third-order valence-corrected chi connectivity index (χ3v) is 15.2. The summed E-state index contributed by atoms with van der Waals surface area (Å²) in [6, 6.07) is 36.4. The quantitative estimate of drug-likeness (QED) is 0.0938. The minimum atomic E-state index is -3.79. The number of unbranched alkanes of at least 4 members (excludes halogenated alkanes) is 2. The van der Waals surface area contributed by atoms with E-state index >= 15 is 0 Å². The molecule has 2 atom stereocenters. The largest absolute Gasteiger partial charge is 0.489 e. The number of likely N-dealkylation sites (tertiary alicyclic amines) is 1. The van der Waals surface area contributed by atoms with Gasteiger partial charge in [0.05, 0.1) is 20.8 Å². The SMILES string of the molecule is C.CCCC=O.CCCCN1CCC(Oc2ccc3n[nH]c(S(=O)(=O)c4cccc5ccccc45)c3c2)C1.Cl.O=S(=O)(c1cccc2ccccc12)c1[nH]nc2ccc(OC3CCNC3)cc12. The Morgan fingerprint density at radius 2 is 1.18 bits per heavy atom.